The summed E-state index contributed by atoms with van der Waals surface area (Å²) >= 11 is 1.67. The number of thiophene rings is 1. The van der Waals surface area contributed by atoms with Gasteiger partial charge in [0.25, 0.3) is 11.7 Å². The standard InChI is InChI=1S/C20H20N6OS/c21-10-15-9-16(26-20(24-15)22-12-23-26)14-5-3-7-25(11-14)19(27)18-8-13-4-1-2-6-17(13)28-18/h8-9,12,14H,1-7,11H2. The number of hydrogen-bond donors (Lipinski definition) is 0. The summed E-state index contributed by atoms with van der Waals surface area (Å²) in [5.74, 6) is 0.684. The van der Waals surface area contributed by atoms with Gasteiger partial charge in [-0.05, 0) is 56.2 Å². The Balaban J connectivity index is 1.42. The highest BCUT2D eigenvalue weighted by atomic mass is 32.1. The van der Waals surface area contributed by atoms with Gasteiger partial charge in [0.15, 0.2) is 0 Å². The number of nitriles is 1. The summed E-state index contributed by atoms with van der Waals surface area (Å²) in [5.41, 5.74) is 2.61. The van der Waals surface area contributed by atoms with Crippen molar-refractivity contribution in [2.75, 3.05) is 13.1 Å². The van der Waals surface area contributed by atoms with E-state index in [2.05, 4.69) is 27.2 Å². The Bertz CT molecular complexity index is 1070. The number of nitrogens with zero attached hydrogens (tertiary/aromatic N) is 6. The predicted octanol–water partition coefficient (Wildman–Crippen LogP) is 2.96. The quantitative estimate of drug-likeness (QED) is 0.669. The molecule has 1 amide bonds. The minimum absolute atomic E-state index is 0.117. The van der Waals surface area contributed by atoms with Gasteiger partial charge >= 0.3 is 0 Å². The number of aryl methyl sites for hydroxylation is 2. The predicted molar refractivity (Wildman–Crippen MR) is 104 cm³/mol. The zero-order chi connectivity index (χ0) is 19.1. The number of carbonyl (C=O) groups is 1. The molecule has 3 aromatic heterocycles. The highest BCUT2D eigenvalue weighted by Gasteiger charge is 2.29. The van der Waals surface area contributed by atoms with E-state index in [1.54, 1.807) is 21.9 Å². The lowest BCUT2D eigenvalue weighted by atomic mass is 9.93. The van der Waals surface area contributed by atoms with Crippen LogP contribution in [0.15, 0.2) is 18.5 Å². The van der Waals surface area contributed by atoms with Gasteiger partial charge in [-0.15, -0.1) is 11.3 Å². The second kappa shape index (κ2) is 6.99. The van der Waals surface area contributed by atoms with Gasteiger partial charge in [0.2, 0.25) is 0 Å². The van der Waals surface area contributed by atoms with Crippen LogP contribution in [0.3, 0.4) is 0 Å². The lowest BCUT2D eigenvalue weighted by molar-refractivity contribution is 0.0710. The number of piperidine rings is 1. The summed E-state index contributed by atoms with van der Waals surface area (Å²) in [5, 5.41) is 13.6. The molecule has 0 spiro atoms. The topological polar surface area (TPSA) is 87.2 Å². The van der Waals surface area contributed by atoms with E-state index >= 15 is 0 Å². The van der Waals surface area contributed by atoms with Crippen LogP contribution in [-0.2, 0) is 12.8 Å². The van der Waals surface area contributed by atoms with Crippen LogP contribution < -0.4 is 0 Å². The van der Waals surface area contributed by atoms with E-state index in [-0.39, 0.29) is 11.8 Å². The average molecular weight is 392 g/mol. The SMILES string of the molecule is N#Cc1cc(C2CCCN(C(=O)c3cc4c(s3)CCCC4)C2)n2ncnc2n1. The average Bonchev–Trinajstić information content (AvgIpc) is 3.39. The minimum Gasteiger partial charge on any atom is -0.337 e. The maximum absolute atomic E-state index is 13.2. The Morgan fingerprint density at radius 2 is 2.14 bits per heavy atom. The fourth-order valence-electron chi connectivity index (χ4n) is 4.34. The van der Waals surface area contributed by atoms with Crippen molar-refractivity contribution in [1.82, 2.24) is 24.5 Å². The lowest BCUT2D eigenvalue weighted by Crippen LogP contribution is -2.39. The second-order valence-corrected chi connectivity index (χ2v) is 8.64. The van der Waals surface area contributed by atoms with Gasteiger partial charge < -0.3 is 4.90 Å². The number of hydrogen-bond acceptors (Lipinski definition) is 6. The lowest BCUT2D eigenvalue weighted by Gasteiger charge is -2.32. The summed E-state index contributed by atoms with van der Waals surface area (Å²) in [6.45, 7) is 1.40. The summed E-state index contributed by atoms with van der Waals surface area (Å²) < 4.78 is 1.70. The minimum atomic E-state index is 0.117. The Labute approximate surface area is 166 Å². The van der Waals surface area contributed by atoms with Crippen LogP contribution in [0.1, 0.15) is 63.1 Å². The molecule has 0 saturated carbocycles. The first-order valence-corrected chi connectivity index (χ1v) is 10.6. The molecule has 1 saturated heterocycles. The molecule has 0 aromatic carbocycles. The van der Waals surface area contributed by atoms with Crippen molar-refractivity contribution in [3.05, 3.63) is 45.2 Å². The van der Waals surface area contributed by atoms with Gasteiger partial charge in [-0.1, -0.05) is 0 Å². The molecule has 8 heteroatoms. The van der Waals surface area contributed by atoms with Crippen molar-refractivity contribution in [3.63, 3.8) is 0 Å². The molecule has 4 heterocycles. The maximum Gasteiger partial charge on any atom is 0.263 e. The number of aromatic nitrogens is 4. The van der Waals surface area contributed by atoms with Crippen molar-refractivity contribution in [2.24, 2.45) is 0 Å². The fourth-order valence-corrected chi connectivity index (χ4v) is 5.56. The first-order chi connectivity index (χ1) is 13.7. The third kappa shape index (κ3) is 2.96. The Morgan fingerprint density at radius 1 is 1.25 bits per heavy atom. The molecule has 7 nitrogen and oxygen atoms in total. The van der Waals surface area contributed by atoms with E-state index in [9.17, 15) is 10.1 Å². The van der Waals surface area contributed by atoms with Crippen molar-refractivity contribution in [3.8, 4) is 6.07 Å². The molecule has 1 aliphatic heterocycles. The molecule has 28 heavy (non-hydrogen) atoms. The molecule has 0 radical (unpaired) electrons. The summed E-state index contributed by atoms with van der Waals surface area (Å²) in [6.07, 6.45) is 7.99. The molecule has 2 aliphatic rings. The summed E-state index contributed by atoms with van der Waals surface area (Å²) in [6, 6.07) is 6.00. The summed E-state index contributed by atoms with van der Waals surface area (Å²) in [4.78, 5) is 25.7. The molecule has 1 unspecified atom stereocenters. The van der Waals surface area contributed by atoms with Crippen molar-refractivity contribution in [2.45, 2.75) is 44.4 Å². The zero-order valence-electron chi connectivity index (χ0n) is 15.5. The Morgan fingerprint density at radius 3 is 3.00 bits per heavy atom. The monoisotopic (exact) mass is 392 g/mol. The largest absolute Gasteiger partial charge is 0.337 e. The highest BCUT2D eigenvalue weighted by Crippen LogP contribution is 2.33. The van der Waals surface area contributed by atoms with Crippen LogP contribution in [0.2, 0.25) is 0 Å². The van der Waals surface area contributed by atoms with Crippen LogP contribution in [-0.4, -0.2) is 43.5 Å². The van der Waals surface area contributed by atoms with Gasteiger partial charge in [0, 0.05) is 23.9 Å². The zero-order valence-corrected chi connectivity index (χ0v) is 16.3. The second-order valence-electron chi connectivity index (χ2n) is 7.51. The van der Waals surface area contributed by atoms with Crippen LogP contribution in [0.5, 0.6) is 0 Å². The normalized spacial score (nSPS) is 19.4. The van der Waals surface area contributed by atoms with Crippen LogP contribution in [0.25, 0.3) is 5.78 Å². The molecule has 1 aliphatic carbocycles. The van der Waals surface area contributed by atoms with Gasteiger partial charge in [0.05, 0.1) is 10.6 Å². The number of rotatable bonds is 2. The maximum atomic E-state index is 13.2. The molecular weight excluding hydrogens is 372 g/mol. The molecular formula is C20H20N6OS. The first kappa shape index (κ1) is 17.3. The van der Waals surface area contributed by atoms with Crippen molar-refractivity contribution in [1.29, 1.82) is 5.26 Å². The number of likely N-dealkylation sites (tertiary alicyclic amines) is 1. The molecule has 0 bridgehead atoms. The van der Waals surface area contributed by atoms with Gasteiger partial charge in [0.1, 0.15) is 18.1 Å². The first-order valence-electron chi connectivity index (χ1n) is 9.74. The fraction of sp³-hybridized carbons (Fsp3) is 0.450. The Hall–Kier alpha value is -2.79. The van der Waals surface area contributed by atoms with E-state index in [0.29, 0.717) is 18.0 Å². The summed E-state index contributed by atoms with van der Waals surface area (Å²) in [7, 11) is 0. The van der Waals surface area contributed by atoms with Crippen molar-refractivity contribution >= 4 is 23.0 Å². The highest BCUT2D eigenvalue weighted by molar-refractivity contribution is 7.14. The van der Waals surface area contributed by atoms with Crippen molar-refractivity contribution < 1.29 is 4.79 Å². The van der Waals surface area contributed by atoms with Crippen LogP contribution in [0.4, 0.5) is 0 Å². The van der Waals surface area contributed by atoms with E-state index < -0.39 is 0 Å². The van der Waals surface area contributed by atoms with E-state index in [1.165, 1.54) is 29.6 Å². The number of carbonyl (C=O) groups excluding carboxylic acids is 1. The number of amides is 1. The molecule has 0 N–H and O–H groups in total. The Kier molecular flexibility index (Phi) is 4.32. The molecule has 1 atom stereocenters. The number of fused-ring (bicyclic) bond motifs is 2. The molecule has 5 rings (SSSR count). The van der Waals surface area contributed by atoms with Gasteiger partial charge in [-0.3, -0.25) is 4.79 Å². The third-order valence-electron chi connectivity index (χ3n) is 5.73. The van der Waals surface area contributed by atoms with Gasteiger partial charge in [-0.2, -0.15) is 15.3 Å². The van der Waals surface area contributed by atoms with E-state index in [1.807, 2.05) is 4.90 Å². The molecule has 1 fully saturated rings. The van der Waals surface area contributed by atoms with E-state index in [0.717, 1.165) is 42.8 Å². The molecule has 3 aromatic rings. The third-order valence-corrected chi connectivity index (χ3v) is 6.95. The smallest absolute Gasteiger partial charge is 0.263 e. The van der Waals surface area contributed by atoms with Crippen LogP contribution in [0, 0.1) is 11.3 Å². The van der Waals surface area contributed by atoms with Crippen LogP contribution >= 0.6 is 11.3 Å². The van der Waals surface area contributed by atoms with E-state index in [4.69, 9.17) is 0 Å². The van der Waals surface area contributed by atoms with Gasteiger partial charge in [-0.25, -0.2) is 9.50 Å². The molecule has 142 valence electrons.